The highest BCUT2D eigenvalue weighted by Gasteiger charge is 2.01. The number of hydrogen-bond acceptors (Lipinski definition) is 3. The summed E-state index contributed by atoms with van der Waals surface area (Å²) >= 11 is 0. The van der Waals surface area contributed by atoms with Crippen LogP contribution in [0.5, 0.6) is 0 Å². The first-order chi connectivity index (χ1) is 6.74. The number of nitrogens with zero attached hydrogens (tertiary/aromatic N) is 2. The number of aryl methyl sites for hydroxylation is 1. The zero-order valence-corrected chi connectivity index (χ0v) is 7.95. The number of amides is 1. The van der Waals surface area contributed by atoms with E-state index in [4.69, 9.17) is 5.26 Å². The monoisotopic (exact) mass is 189 g/mol. The molecule has 0 aliphatic rings. The van der Waals surface area contributed by atoms with Gasteiger partial charge in [0.25, 0.3) is 0 Å². The van der Waals surface area contributed by atoms with Crippen molar-refractivity contribution in [2.45, 2.75) is 19.9 Å². The van der Waals surface area contributed by atoms with Gasteiger partial charge in [0, 0.05) is 18.9 Å². The minimum atomic E-state index is -0.254. The number of carbonyl (C=O) groups is 1. The number of aromatic nitrogens is 1. The van der Waals surface area contributed by atoms with E-state index in [0.717, 1.165) is 11.1 Å². The molecule has 14 heavy (non-hydrogen) atoms. The van der Waals surface area contributed by atoms with Crippen LogP contribution >= 0.6 is 0 Å². The van der Waals surface area contributed by atoms with Crippen LogP contribution in [0.4, 0.5) is 0 Å². The van der Waals surface area contributed by atoms with Gasteiger partial charge in [0.05, 0.1) is 6.07 Å². The van der Waals surface area contributed by atoms with Crippen molar-refractivity contribution in [3.63, 3.8) is 0 Å². The number of carbonyl (C=O) groups excluding carboxylic acids is 1. The van der Waals surface area contributed by atoms with Crippen molar-refractivity contribution in [1.29, 1.82) is 5.26 Å². The standard InChI is InChI=1S/C10H11N3O/c1-8-3-5-12-6-9(8)7-13-10(14)2-4-11/h3,5-6H,2,7H2,1H3,(H,13,14). The van der Waals surface area contributed by atoms with Gasteiger partial charge in [-0.25, -0.2) is 0 Å². The first-order valence-corrected chi connectivity index (χ1v) is 4.27. The van der Waals surface area contributed by atoms with E-state index in [9.17, 15) is 4.79 Å². The Kier molecular flexibility index (Phi) is 3.62. The third kappa shape index (κ3) is 2.87. The molecule has 1 amide bonds. The maximum Gasteiger partial charge on any atom is 0.234 e. The summed E-state index contributed by atoms with van der Waals surface area (Å²) in [4.78, 5) is 14.9. The molecule has 0 atom stereocenters. The molecule has 0 aromatic carbocycles. The zero-order chi connectivity index (χ0) is 10.4. The second kappa shape index (κ2) is 4.97. The molecule has 1 aromatic rings. The van der Waals surface area contributed by atoms with Gasteiger partial charge in [0.1, 0.15) is 6.42 Å². The van der Waals surface area contributed by atoms with Crippen LogP contribution in [0.3, 0.4) is 0 Å². The topological polar surface area (TPSA) is 65.8 Å². The molecule has 1 rings (SSSR count). The number of pyridine rings is 1. The predicted molar refractivity (Wildman–Crippen MR) is 51.1 cm³/mol. The summed E-state index contributed by atoms with van der Waals surface area (Å²) in [6, 6.07) is 3.67. The van der Waals surface area contributed by atoms with Crippen LogP contribution in [0.25, 0.3) is 0 Å². The van der Waals surface area contributed by atoms with E-state index >= 15 is 0 Å². The van der Waals surface area contributed by atoms with Crippen molar-refractivity contribution in [2.24, 2.45) is 0 Å². The molecule has 1 heterocycles. The lowest BCUT2D eigenvalue weighted by molar-refractivity contribution is -0.120. The molecule has 0 fully saturated rings. The van der Waals surface area contributed by atoms with Crippen LogP contribution in [0.15, 0.2) is 18.5 Å². The highest BCUT2D eigenvalue weighted by molar-refractivity contribution is 5.77. The van der Waals surface area contributed by atoms with Gasteiger partial charge in [0.15, 0.2) is 0 Å². The molecule has 0 aliphatic heterocycles. The van der Waals surface area contributed by atoms with Crippen molar-refractivity contribution in [3.05, 3.63) is 29.6 Å². The number of nitriles is 1. The van der Waals surface area contributed by atoms with Crippen LogP contribution in [0.1, 0.15) is 17.5 Å². The average Bonchev–Trinajstić information content (AvgIpc) is 2.17. The van der Waals surface area contributed by atoms with Gasteiger partial charge >= 0.3 is 0 Å². The number of rotatable bonds is 3. The first-order valence-electron chi connectivity index (χ1n) is 4.27. The summed E-state index contributed by atoms with van der Waals surface area (Å²) < 4.78 is 0. The Hall–Kier alpha value is -1.89. The van der Waals surface area contributed by atoms with Gasteiger partial charge in [-0.3, -0.25) is 9.78 Å². The maximum atomic E-state index is 11.0. The molecule has 0 radical (unpaired) electrons. The molecule has 4 heteroatoms. The lowest BCUT2D eigenvalue weighted by Crippen LogP contribution is -2.22. The summed E-state index contributed by atoms with van der Waals surface area (Å²) in [5.41, 5.74) is 2.05. The minimum Gasteiger partial charge on any atom is -0.351 e. The molecule has 1 aromatic heterocycles. The molecule has 0 spiro atoms. The van der Waals surface area contributed by atoms with Crippen molar-refractivity contribution in [2.75, 3.05) is 0 Å². The Balaban J connectivity index is 2.51. The average molecular weight is 189 g/mol. The zero-order valence-electron chi connectivity index (χ0n) is 7.95. The lowest BCUT2D eigenvalue weighted by Gasteiger charge is -2.05. The summed E-state index contributed by atoms with van der Waals surface area (Å²) in [6.07, 6.45) is 3.32. The molecule has 4 nitrogen and oxygen atoms in total. The summed E-state index contributed by atoms with van der Waals surface area (Å²) in [5, 5.41) is 10.9. The van der Waals surface area contributed by atoms with E-state index in [0.29, 0.717) is 6.54 Å². The maximum absolute atomic E-state index is 11.0. The van der Waals surface area contributed by atoms with Crippen molar-refractivity contribution >= 4 is 5.91 Å². The normalized spacial score (nSPS) is 9.14. The quantitative estimate of drug-likeness (QED) is 0.768. The van der Waals surface area contributed by atoms with E-state index in [1.54, 1.807) is 18.5 Å². The largest absolute Gasteiger partial charge is 0.351 e. The van der Waals surface area contributed by atoms with Crippen molar-refractivity contribution < 1.29 is 4.79 Å². The Labute approximate surface area is 82.6 Å². The van der Waals surface area contributed by atoms with Crippen LogP contribution < -0.4 is 5.32 Å². The summed E-state index contributed by atoms with van der Waals surface area (Å²) in [7, 11) is 0. The van der Waals surface area contributed by atoms with Gasteiger partial charge in [-0.05, 0) is 24.1 Å². The smallest absolute Gasteiger partial charge is 0.234 e. The molecular formula is C10H11N3O. The van der Waals surface area contributed by atoms with Crippen LogP contribution in [0, 0.1) is 18.3 Å². The molecule has 0 saturated carbocycles. The second-order valence-corrected chi connectivity index (χ2v) is 2.91. The second-order valence-electron chi connectivity index (χ2n) is 2.91. The Morgan fingerprint density at radius 2 is 2.50 bits per heavy atom. The van der Waals surface area contributed by atoms with Crippen molar-refractivity contribution in [3.8, 4) is 6.07 Å². The van der Waals surface area contributed by atoms with Crippen LogP contribution in [-0.2, 0) is 11.3 Å². The van der Waals surface area contributed by atoms with Gasteiger partial charge in [-0.15, -0.1) is 0 Å². The van der Waals surface area contributed by atoms with Gasteiger partial charge in [-0.2, -0.15) is 5.26 Å². The summed E-state index contributed by atoms with van der Waals surface area (Å²) in [5.74, 6) is -0.254. The molecule has 0 aliphatic carbocycles. The van der Waals surface area contributed by atoms with E-state index in [1.165, 1.54) is 0 Å². The number of hydrogen-bond donors (Lipinski definition) is 1. The number of nitrogens with one attached hydrogen (secondary N) is 1. The van der Waals surface area contributed by atoms with Gasteiger partial charge < -0.3 is 5.32 Å². The fraction of sp³-hybridized carbons (Fsp3) is 0.300. The fourth-order valence-corrected chi connectivity index (χ4v) is 1.01. The highest BCUT2D eigenvalue weighted by atomic mass is 16.1. The predicted octanol–water partition coefficient (Wildman–Crippen LogP) is 0.920. The third-order valence-electron chi connectivity index (χ3n) is 1.86. The summed E-state index contributed by atoms with van der Waals surface area (Å²) in [6.45, 7) is 2.38. The molecule has 0 saturated heterocycles. The third-order valence-corrected chi connectivity index (χ3v) is 1.86. The first kappa shape index (κ1) is 10.2. The Morgan fingerprint density at radius 3 is 3.14 bits per heavy atom. The van der Waals surface area contributed by atoms with E-state index in [1.807, 2.05) is 13.0 Å². The van der Waals surface area contributed by atoms with Crippen LogP contribution in [0.2, 0.25) is 0 Å². The molecular weight excluding hydrogens is 178 g/mol. The van der Waals surface area contributed by atoms with E-state index < -0.39 is 0 Å². The van der Waals surface area contributed by atoms with Crippen LogP contribution in [-0.4, -0.2) is 10.9 Å². The molecule has 1 N–H and O–H groups in total. The lowest BCUT2D eigenvalue weighted by atomic mass is 10.1. The highest BCUT2D eigenvalue weighted by Crippen LogP contribution is 2.03. The molecule has 72 valence electrons. The SMILES string of the molecule is Cc1ccncc1CNC(=O)CC#N. The Bertz CT molecular complexity index is 368. The van der Waals surface area contributed by atoms with E-state index in [2.05, 4.69) is 10.3 Å². The minimum absolute atomic E-state index is 0.0979. The fourth-order valence-electron chi connectivity index (χ4n) is 1.01. The van der Waals surface area contributed by atoms with Crippen molar-refractivity contribution in [1.82, 2.24) is 10.3 Å². The van der Waals surface area contributed by atoms with E-state index in [-0.39, 0.29) is 12.3 Å². The van der Waals surface area contributed by atoms with Gasteiger partial charge in [-0.1, -0.05) is 0 Å². The molecule has 0 bridgehead atoms. The Morgan fingerprint density at radius 1 is 1.71 bits per heavy atom. The molecule has 0 unspecified atom stereocenters. The van der Waals surface area contributed by atoms with Gasteiger partial charge in [0.2, 0.25) is 5.91 Å².